The maximum Gasteiger partial charge on any atom is 0.289 e. The van der Waals surface area contributed by atoms with Gasteiger partial charge in [0.2, 0.25) is 0 Å². The molecule has 0 saturated carbocycles. The first-order valence-corrected chi connectivity index (χ1v) is 5.34. The predicted molar refractivity (Wildman–Crippen MR) is 69.7 cm³/mol. The van der Waals surface area contributed by atoms with Crippen molar-refractivity contribution < 1.29 is 9.72 Å². The van der Waals surface area contributed by atoms with Crippen LogP contribution in [0.2, 0.25) is 0 Å². The topological polar surface area (TPSA) is 111 Å². The van der Waals surface area contributed by atoms with E-state index in [1.165, 1.54) is 0 Å². The van der Waals surface area contributed by atoms with Crippen molar-refractivity contribution in [1.29, 1.82) is 0 Å². The number of pyridine rings is 1. The van der Waals surface area contributed by atoms with Gasteiger partial charge in [-0.3, -0.25) is 14.9 Å². The molecule has 7 heteroatoms. The SMILES string of the molecule is Nc1cc([N+](=O)[O-])cnc1NC(=O)c1ccccc1. The van der Waals surface area contributed by atoms with Gasteiger partial charge < -0.3 is 11.1 Å². The van der Waals surface area contributed by atoms with Gasteiger partial charge in [-0.15, -0.1) is 0 Å². The molecule has 2 rings (SSSR count). The van der Waals surface area contributed by atoms with Crippen molar-refractivity contribution in [3.63, 3.8) is 0 Å². The highest BCUT2D eigenvalue weighted by Crippen LogP contribution is 2.21. The van der Waals surface area contributed by atoms with Crippen molar-refractivity contribution in [2.45, 2.75) is 0 Å². The third kappa shape index (κ3) is 2.83. The number of carbonyl (C=O) groups is 1. The van der Waals surface area contributed by atoms with Crippen LogP contribution in [0.1, 0.15) is 10.4 Å². The van der Waals surface area contributed by atoms with Gasteiger partial charge in [0, 0.05) is 11.6 Å². The standard InChI is InChI=1S/C12H10N4O3/c13-10-6-9(16(18)19)7-14-11(10)15-12(17)8-4-2-1-3-5-8/h1-7H,13H2,(H,14,15,17). The molecule has 1 aromatic heterocycles. The van der Waals surface area contributed by atoms with Crippen LogP contribution in [0.25, 0.3) is 0 Å². The van der Waals surface area contributed by atoms with Crippen LogP contribution < -0.4 is 11.1 Å². The smallest absolute Gasteiger partial charge is 0.289 e. The second-order valence-corrected chi connectivity index (χ2v) is 3.71. The zero-order chi connectivity index (χ0) is 13.8. The average molecular weight is 258 g/mol. The summed E-state index contributed by atoms with van der Waals surface area (Å²) in [6, 6.07) is 9.65. The molecule has 0 atom stereocenters. The molecule has 0 fully saturated rings. The predicted octanol–water partition coefficient (Wildman–Crippen LogP) is 1.82. The van der Waals surface area contributed by atoms with E-state index < -0.39 is 4.92 Å². The number of hydrogen-bond donors (Lipinski definition) is 2. The van der Waals surface area contributed by atoms with E-state index in [-0.39, 0.29) is 23.1 Å². The molecular weight excluding hydrogens is 248 g/mol. The van der Waals surface area contributed by atoms with Gasteiger partial charge in [-0.1, -0.05) is 18.2 Å². The van der Waals surface area contributed by atoms with E-state index in [0.29, 0.717) is 5.56 Å². The number of anilines is 2. The monoisotopic (exact) mass is 258 g/mol. The molecule has 0 aliphatic carbocycles. The molecule has 0 aliphatic heterocycles. The first-order valence-electron chi connectivity index (χ1n) is 5.34. The van der Waals surface area contributed by atoms with Crippen molar-refractivity contribution in [2.24, 2.45) is 0 Å². The fraction of sp³-hybridized carbons (Fsp3) is 0. The van der Waals surface area contributed by atoms with Gasteiger partial charge in [-0.2, -0.15) is 0 Å². The highest BCUT2D eigenvalue weighted by atomic mass is 16.6. The number of nitrogen functional groups attached to an aromatic ring is 1. The van der Waals surface area contributed by atoms with Crippen LogP contribution in [0.4, 0.5) is 17.2 Å². The molecule has 19 heavy (non-hydrogen) atoms. The van der Waals surface area contributed by atoms with Gasteiger partial charge in [0.05, 0.1) is 10.6 Å². The molecular formula is C12H10N4O3. The number of carbonyl (C=O) groups excluding carboxylic acids is 1. The van der Waals surface area contributed by atoms with Crippen molar-refractivity contribution in [1.82, 2.24) is 4.98 Å². The molecule has 1 amide bonds. The Hall–Kier alpha value is -2.96. The second kappa shape index (κ2) is 5.13. The minimum Gasteiger partial charge on any atom is -0.396 e. The average Bonchev–Trinajstić information content (AvgIpc) is 2.41. The number of amides is 1. The summed E-state index contributed by atoms with van der Waals surface area (Å²) in [6.45, 7) is 0. The lowest BCUT2D eigenvalue weighted by Crippen LogP contribution is -2.14. The van der Waals surface area contributed by atoms with E-state index in [1.807, 2.05) is 0 Å². The number of nitrogens with zero attached hydrogens (tertiary/aromatic N) is 2. The van der Waals surface area contributed by atoms with E-state index in [0.717, 1.165) is 12.3 Å². The molecule has 0 radical (unpaired) electrons. The summed E-state index contributed by atoms with van der Waals surface area (Å²) in [7, 11) is 0. The molecule has 0 saturated heterocycles. The Labute approximate surface area is 108 Å². The number of nitrogens with one attached hydrogen (secondary N) is 1. The van der Waals surface area contributed by atoms with E-state index >= 15 is 0 Å². The highest BCUT2D eigenvalue weighted by Gasteiger charge is 2.13. The van der Waals surface area contributed by atoms with E-state index in [2.05, 4.69) is 10.3 Å². The van der Waals surface area contributed by atoms with E-state index in [1.54, 1.807) is 30.3 Å². The number of nitrogens with two attached hydrogens (primary N) is 1. The summed E-state index contributed by atoms with van der Waals surface area (Å²) in [6.07, 6.45) is 1.04. The molecule has 0 bridgehead atoms. The number of hydrogen-bond acceptors (Lipinski definition) is 5. The van der Waals surface area contributed by atoms with Gasteiger partial charge in [0.25, 0.3) is 11.6 Å². The normalized spacial score (nSPS) is 9.89. The minimum absolute atomic E-state index is 0.0403. The van der Waals surface area contributed by atoms with Crippen molar-refractivity contribution in [2.75, 3.05) is 11.1 Å². The van der Waals surface area contributed by atoms with Crippen LogP contribution in [-0.4, -0.2) is 15.8 Å². The number of benzene rings is 1. The Morgan fingerprint density at radius 1 is 1.32 bits per heavy atom. The fourth-order valence-corrected chi connectivity index (χ4v) is 1.44. The number of nitro groups is 1. The van der Waals surface area contributed by atoms with Crippen LogP contribution in [-0.2, 0) is 0 Å². The zero-order valence-corrected chi connectivity index (χ0v) is 9.74. The van der Waals surface area contributed by atoms with E-state index in [4.69, 9.17) is 5.73 Å². The van der Waals surface area contributed by atoms with Gasteiger partial charge in [0.1, 0.15) is 6.20 Å². The largest absolute Gasteiger partial charge is 0.396 e. The first-order chi connectivity index (χ1) is 9.08. The molecule has 3 N–H and O–H groups in total. The summed E-state index contributed by atoms with van der Waals surface area (Å²) in [4.78, 5) is 25.5. The molecule has 1 aromatic carbocycles. The van der Waals surface area contributed by atoms with Crippen molar-refractivity contribution in [3.8, 4) is 0 Å². The Kier molecular flexibility index (Phi) is 3.37. The maximum atomic E-state index is 11.8. The van der Waals surface area contributed by atoms with Crippen LogP contribution in [0.15, 0.2) is 42.6 Å². The Morgan fingerprint density at radius 3 is 2.58 bits per heavy atom. The third-order valence-electron chi connectivity index (χ3n) is 2.38. The molecule has 96 valence electrons. The van der Waals surface area contributed by atoms with Crippen molar-refractivity contribution in [3.05, 3.63) is 58.3 Å². The Morgan fingerprint density at radius 2 is 2.00 bits per heavy atom. The van der Waals surface area contributed by atoms with Crippen LogP contribution in [0.5, 0.6) is 0 Å². The summed E-state index contributed by atoms with van der Waals surface area (Å²) in [5, 5.41) is 13.0. The lowest BCUT2D eigenvalue weighted by molar-refractivity contribution is -0.385. The maximum absolute atomic E-state index is 11.8. The van der Waals surface area contributed by atoms with Gasteiger partial charge >= 0.3 is 0 Å². The Bertz CT molecular complexity index is 628. The van der Waals surface area contributed by atoms with Gasteiger partial charge in [-0.25, -0.2) is 4.98 Å². The minimum atomic E-state index is -0.605. The Balaban J connectivity index is 2.20. The van der Waals surface area contributed by atoms with Gasteiger partial charge in [0.15, 0.2) is 5.82 Å². The summed E-state index contributed by atoms with van der Waals surface area (Å²) >= 11 is 0. The second-order valence-electron chi connectivity index (χ2n) is 3.71. The van der Waals surface area contributed by atoms with Crippen LogP contribution >= 0.6 is 0 Å². The zero-order valence-electron chi connectivity index (χ0n) is 9.74. The molecule has 0 spiro atoms. The quantitative estimate of drug-likeness (QED) is 0.644. The molecule has 7 nitrogen and oxygen atoms in total. The molecule has 1 heterocycles. The highest BCUT2D eigenvalue weighted by molar-refractivity contribution is 6.05. The third-order valence-corrected chi connectivity index (χ3v) is 2.38. The van der Waals surface area contributed by atoms with Crippen molar-refractivity contribution >= 4 is 23.1 Å². The number of aromatic nitrogens is 1. The van der Waals surface area contributed by atoms with Crippen LogP contribution in [0.3, 0.4) is 0 Å². The first kappa shape index (κ1) is 12.5. The fourth-order valence-electron chi connectivity index (χ4n) is 1.44. The summed E-state index contributed by atoms with van der Waals surface area (Å²) in [5.41, 5.74) is 5.86. The lowest BCUT2D eigenvalue weighted by Gasteiger charge is -2.06. The van der Waals surface area contributed by atoms with E-state index in [9.17, 15) is 14.9 Å². The molecule has 0 aliphatic rings. The molecule has 0 unspecified atom stereocenters. The summed E-state index contributed by atoms with van der Waals surface area (Å²) < 4.78 is 0. The lowest BCUT2D eigenvalue weighted by atomic mass is 10.2. The molecule has 2 aromatic rings. The number of rotatable bonds is 3. The summed E-state index contributed by atoms with van der Waals surface area (Å²) in [5.74, 6) is -0.284. The van der Waals surface area contributed by atoms with Gasteiger partial charge in [-0.05, 0) is 12.1 Å². The van der Waals surface area contributed by atoms with Crippen LogP contribution in [0, 0.1) is 10.1 Å².